The first-order valence-corrected chi connectivity index (χ1v) is 16.0. The molecule has 0 aliphatic carbocycles. The molecule has 2 heterocycles. The van der Waals surface area contributed by atoms with Gasteiger partial charge in [0.25, 0.3) is 0 Å². The Morgan fingerprint density at radius 3 is 1.24 bits per heavy atom. The minimum atomic E-state index is -1.07. The summed E-state index contributed by atoms with van der Waals surface area (Å²) in [5, 5.41) is 3.16. The minimum Gasteiger partial charge on any atom is -0.371 e. The minimum absolute atomic E-state index is 0.243. The first-order chi connectivity index (χ1) is 22.7. The van der Waals surface area contributed by atoms with Crippen LogP contribution in [-0.4, -0.2) is 47.4 Å². The second kappa shape index (κ2) is 15.8. The summed E-state index contributed by atoms with van der Waals surface area (Å²) in [6.07, 6.45) is 2.59. The Balaban J connectivity index is 1.15. The van der Waals surface area contributed by atoms with Crippen molar-refractivity contribution in [3.8, 4) is 0 Å². The molecule has 2 aliphatic rings. The van der Waals surface area contributed by atoms with Crippen LogP contribution < -0.4 is 0 Å². The van der Waals surface area contributed by atoms with Gasteiger partial charge in [-0.1, -0.05) is 121 Å². The van der Waals surface area contributed by atoms with E-state index in [2.05, 4.69) is 0 Å². The van der Waals surface area contributed by atoms with Gasteiger partial charge in [0.1, 0.15) is 0 Å². The van der Waals surface area contributed by atoms with Crippen molar-refractivity contribution in [1.82, 2.24) is 10.1 Å². The number of hydrogen-bond acceptors (Lipinski definition) is 8. The molecule has 0 N–H and O–H groups in total. The van der Waals surface area contributed by atoms with Crippen molar-refractivity contribution >= 4 is 11.9 Å². The molecule has 4 aromatic carbocycles. The van der Waals surface area contributed by atoms with Gasteiger partial charge in [0, 0.05) is 13.1 Å². The molecule has 8 nitrogen and oxygen atoms in total. The van der Waals surface area contributed by atoms with Gasteiger partial charge < -0.3 is 19.1 Å². The fraction of sp³-hybridized carbons (Fsp3) is 0.316. The molecule has 0 amide bonds. The first-order valence-electron chi connectivity index (χ1n) is 16.0. The highest BCUT2D eigenvalue weighted by atomic mass is 16.8. The molecule has 8 heteroatoms. The molecule has 2 saturated heterocycles. The average molecular weight is 621 g/mol. The Hall–Kier alpha value is -4.34. The van der Waals surface area contributed by atoms with E-state index in [9.17, 15) is 9.59 Å². The van der Waals surface area contributed by atoms with Gasteiger partial charge >= 0.3 is 11.9 Å². The summed E-state index contributed by atoms with van der Waals surface area (Å²) >= 11 is 0. The lowest BCUT2D eigenvalue weighted by Crippen LogP contribution is -2.47. The third kappa shape index (κ3) is 8.08. The van der Waals surface area contributed by atoms with Gasteiger partial charge in [-0.25, -0.2) is 9.59 Å². The van der Waals surface area contributed by atoms with Crippen molar-refractivity contribution in [2.45, 2.75) is 63.2 Å². The molecular weight excluding hydrogens is 580 g/mol. The van der Waals surface area contributed by atoms with Gasteiger partial charge in [-0.15, -0.1) is 10.1 Å². The highest BCUT2D eigenvalue weighted by Crippen LogP contribution is 2.36. The smallest absolute Gasteiger partial charge is 0.371 e. The zero-order valence-electron chi connectivity index (χ0n) is 25.9. The van der Waals surface area contributed by atoms with E-state index in [0.29, 0.717) is 26.3 Å². The standard InChI is InChI=1S/C38H40N2O6/c41-37(45-39-25-13-23-33(35(39)31-19-9-3-10-20-31)43-27-29-15-5-1-6-16-29)38(42)46-40-26-14-24-34(36(40)32-21-11-4-12-22-32)44-28-30-17-7-2-8-18-30/h1-12,15-22,33-36H,13-14,23-28H2. The van der Waals surface area contributed by atoms with Gasteiger partial charge in [0.2, 0.25) is 0 Å². The summed E-state index contributed by atoms with van der Waals surface area (Å²) in [5.74, 6) is -2.13. The molecule has 4 atom stereocenters. The molecule has 0 spiro atoms. The number of ether oxygens (including phenoxy) is 2. The van der Waals surface area contributed by atoms with E-state index in [1.165, 1.54) is 0 Å². The number of carbonyl (C=O) groups excluding carboxylic acids is 2. The average Bonchev–Trinajstić information content (AvgIpc) is 3.11. The van der Waals surface area contributed by atoms with Crippen molar-refractivity contribution in [1.29, 1.82) is 0 Å². The molecule has 46 heavy (non-hydrogen) atoms. The van der Waals surface area contributed by atoms with E-state index in [4.69, 9.17) is 19.1 Å². The zero-order chi connectivity index (χ0) is 31.6. The van der Waals surface area contributed by atoms with E-state index in [1.54, 1.807) is 10.1 Å². The van der Waals surface area contributed by atoms with Gasteiger partial charge in [-0.05, 0) is 47.9 Å². The largest absolute Gasteiger partial charge is 0.438 e. The Labute approximate surface area is 270 Å². The Morgan fingerprint density at radius 2 is 0.870 bits per heavy atom. The number of benzene rings is 4. The summed E-state index contributed by atoms with van der Waals surface area (Å²) in [7, 11) is 0. The number of rotatable bonds is 10. The molecule has 2 aliphatic heterocycles. The summed E-state index contributed by atoms with van der Waals surface area (Å²) in [5.41, 5.74) is 4.01. The predicted molar refractivity (Wildman–Crippen MR) is 172 cm³/mol. The third-order valence-corrected chi connectivity index (χ3v) is 8.52. The van der Waals surface area contributed by atoms with E-state index >= 15 is 0 Å². The molecular formula is C38H40N2O6. The zero-order valence-corrected chi connectivity index (χ0v) is 25.9. The van der Waals surface area contributed by atoms with E-state index in [-0.39, 0.29) is 24.3 Å². The lowest BCUT2D eigenvalue weighted by atomic mass is 9.94. The maximum absolute atomic E-state index is 13.3. The molecule has 4 aromatic rings. The fourth-order valence-corrected chi connectivity index (χ4v) is 6.32. The molecule has 0 saturated carbocycles. The number of piperidine rings is 2. The Morgan fingerprint density at radius 1 is 0.522 bits per heavy atom. The second-order valence-corrected chi connectivity index (χ2v) is 11.7. The van der Waals surface area contributed by atoms with E-state index in [0.717, 1.165) is 47.9 Å². The lowest BCUT2D eigenvalue weighted by Gasteiger charge is -2.40. The summed E-state index contributed by atoms with van der Waals surface area (Å²) in [6.45, 7) is 1.80. The quantitative estimate of drug-likeness (QED) is 0.180. The van der Waals surface area contributed by atoms with Crippen LogP contribution in [0.15, 0.2) is 121 Å². The van der Waals surface area contributed by atoms with Crippen LogP contribution in [0.25, 0.3) is 0 Å². The number of carbonyl (C=O) groups is 2. The van der Waals surface area contributed by atoms with Crippen LogP contribution in [0.4, 0.5) is 0 Å². The molecule has 0 aromatic heterocycles. The van der Waals surface area contributed by atoms with Crippen LogP contribution in [-0.2, 0) is 42.0 Å². The van der Waals surface area contributed by atoms with Crippen LogP contribution in [0.3, 0.4) is 0 Å². The lowest BCUT2D eigenvalue weighted by molar-refractivity contribution is -0.250. The third-order valence-electron chi connectivity index (χ3n) is 8.52. The van der Waals surface area contributed by atoms with Gasteiger partial charge in [-0.3, -0.25) is 0 Å². The predicted octanol–water partition coefficient (Wildman–Crippen LogP) is 6.75. The number of nitrogens with zero attached hydrogens (tertiary/aromatic N) is 2. The van der Waals surface area contributed by atoms with Crippen LogP contribution in [0.1, 0.15) is 60.0 Å². The van der Waals surface area contributed by atoms with Crippen LogP contribution in [0.2, 0.25) is 0 Å². The second-order valence-electron chi connectivity index (χ2n) is 11.7. The van der Waals surface area contributed by atoms with Crippen molar-refractivity contribution in [2.75, 3.05) is 13.1 Å². The summed E-state index contributed by atoms with van der Waals surface area (Å²) < 4.78 is 12.8. The SMILES string of the molecule is O=C(ON1CCCC(OCc2ccccc2)C1c1ccccc1)C(=O)ON1CCCC(OCc2ccccc2)C1c1ccccc1. The normalized spacial score (nSPS) is 22.2. The molecule has 6 rings (SSSR count). The fourth-order valence-electron chi connectivity index (χ4n) is 6.32. The molecule has 4 unspecified atom stereocenters. The van der Waals surface area contributed by atoms with E-state index < -0.39 is 11.9 Å². The van der Waals surface area contributed by atoms with Crippen LogP contribution >= 0.6 is 0 Å². The highest BCUT2D eigenvalue weighted by Gasteiger charge is 2.40. The molecule has 238 valence electrons. The van der Waals surface area contributed by atoms with Gasteiger partial charge in [0.05, 0.1) is 37.5 Å². The Kier molecular flexibility index (Phi) is 10.9. The number of hydrogen-bond donors (Lipinski definition) is 0. The summed E-state index contributed by atoms with van der Waals surface area (Å²) in [4.78, 5) is 38.3. The topological polar surface area (TPSA) is 77.5 Å². The highest BCUT2D eigenvalue weighted by molar-refractivity contribution is 6.29. The van der Waals surface area contributed by atoms with Gasteiger partial charge in [-0.2, -0.15) is 0 Å². The first kappa shape index (κ1) is 31.6. The van der Waals surface area contributed by atoms with Crippen LogP contribution in [0.5, 0.6) is 0 Å². The van der Waals surface area contributed by atoms with Gasteiger partial charge in [0.15, 0.2) is 0 Å². The van der Waals surface area contributed by atoms with Crippen LogP contribution in [0, 0.1) is 0 Å². The maximum atomic E-state index is 13.3. The summed E-state index contributed by atoms with van der Waals surface area (Å²) in [6, 6.07) is 38.8. The van der Waals surface area contributed by atoms with Crippen molar-refractivity contribution in [2.24, 2.45) is 0 Å². The van der Waals surface area contributed by atoms with Crippen molar-refractivity contribution in [3.63, 3.8) is 0 Å². The molecule has 2 fully saturated rings. The molecule has 0 bridgehead atoms. The van der Waals surface area contributed by atoms with Crippen molar-refractivity contribution in [3.05, 3.63) is 144 Å². The molecule has 0 radical (unpaired) electrons. The van der Waals surface area contributed by atoms with Crippen molar-refractivity contribution < 1.29 is 28.7 Å². The number of hydroxylamine groups is 4. The monoisotopic (exact) mass is 620 g/mol. The Bertz CT molecular complexity index is 1410. The maximum Gasteiger partial charge on any atom is 0.438 e. The van der Waals surface area contributed by atoms with E-state index in [1.807, 2.05) is 121 Å².